The molecule has 0 aromatic carbocycles. The lowest BCUT2D eigenvalue weighted by Gasteiger charge is -1.96. The zero-order valence-corrected chi connectivity index (χ0v) is 11.9. The van der Waals surface area contributed by atoms with Crippen LogP contribution in [0.1, 0.15) is 0 Å². The molecule has 0 saturated carbocycles. The molecule has 2 fully saturated rings. The number of rotatable bonds is 8. The molecule has 0 aliphatic carbocycles. The normalized spacial score (nSPS) is 22.3. The Balaban J connectivity index is 0.000000300. The minimum absolute atomic E-state index is 0.365. The fraction of sp³-hybridized carbons (Fsp3) is 1.00. The lowest BCUT2D eigenvalue weighted by molar-refractivity contribution is 0.0450. The Morgan fingerprint density at radius 3 is 1.19 bits per heavy atom. The van der Waals surface area contributed by atoms with Gasteiger partial charge in [0.25, 0.3) is 0 Å². The lowest BCUT2D eigenvalue weighted by atomic mass is 10.4. The zero-order chi connectivity index (χ0) is 16.1. The highest BCUT2D eigenvalue weighted by atomic mass is 16.6. The molecule has 0 radical (unpaired) electrons. The molecular formula is C12H26O9. The molecule has 2 aliphatic heterocycles. The van der Waals surface area contributed by atoms with Gasteiger partial charge >= 0.3 is 0 Å². The van der Waals surface area contributed by atoms with E-state index < -0.39 is 12.2 Å². The SMILES string of the molecule is C(OCC1CO1)C1CO1.OCC(O)CO.OCC(O)CO. The average Bonchev–Trinajstić information content (AvgIpc) is 3.41. The van der Waals surface area contributed by atoms with Crippen molar-refractivity contribution < 1.29 is 44.8 Å². The number of hydrogen-bond donors (Lipinski definition) is 6. The fourth-order valence-corrected chi connectivity index (χ4v) is 0.775. The molecule has 9 nitrogen and oxygen atoms in total. The Hall–Kier alpha value is -0.360. The van der Waals surface area contributed by atoms with Crippen LogP contribution >= 0.6 is 0 Å². The summed E-state index contributed by atoms with van der Waals surface area (Å²) in [6.45, 7) is 1.80. The van der Waals surface area contributed by atoms with Gasteiger partial charge in [-0.25, -0.2) is 0 Å². The van der Waals surface area contributed by atoms with Crippen molar-refractivity contribution >= 4 is 0 Å². The average molecular weight is 314 g/mol. The molecule has 0 amide bonds. The van der Waals surface area contributed by atoms with Crippen molar-refractivity contribution in [1.29, 1.82) is 0 Å². The van der Waals surface area contributed by atoms with E-state index in [1.807, 2.05) is 0 Å². The summed E-state index contributed by atoms with van der Waals surface area (Å²) in [6.07, 6.45) is -1.12. The molecule has 0 spiro atoms. The summed E-state index contributed by atoms with van der Waals surface area (Å²) < 4.78 is 15.1. The quantitative estimate of drug-likeness (QED) is 0.250. The van der Waals surface area contributed by atoms with Crippen LogP contribution in [0.4, 0.5) is 0 Å². The van der Waals surface area contributed by atoms with Crippen molar-refractivity contribution in [1.82, 2.24) is 0 Å². The van der Waals surface area contributed by atoms with E-state index >= 15 is 0 Å². The first-order chi connectivity index (χ1) is 10.1. The van der Waals surface area contributed by atoms with Crippen molar-refractivity contribution in [3.05, 3.63) is 0 Å². The summed E-state index contributed by atoms with van der Waals surface area (Å²) >= 11 is 0. The number of ether oxygens (including phenoxy) is 3. The van der Waals surface area contributed by atoms with E-state index in [4.69, 9.17) is 44.8 Å². The van der Waals surface area contributed by atoms with Crippen LogP contribution in [0, 0.1) is 0 Å². The Bertz CT molecular complexity index is 191. The van der Waals surface area contributed by atoms with Crippen LogP contribution in [0.5, 0.6) is 0 Å². The van der Waals surface area contributed by atoms with Crippen molar-refractivity contribution in [2.75, 3.05) is 52.9 Å². The summed E-state index contributed by atoms with van der Waals surface area (Å²) in [5.41, 5.74) is 0. The Morgan fingerprint density at radius 1 is 0.762 bits per heavy atom. The van der Waals surface area contributed by atoms with Gasteiger partial charge < -0.3 is 44.8 Å². The van der Waals surface area contributed by atoms with E-state index in [-0.39, 0.29) is 26.4 Å². The van der Waals surface area contributed by atoms with Crippen LogP contribution in [0.25, 0.3) is 0 Å². The first kappa shape index (κ1) is 20.6. The third kappa shape index (κ3) is 15.8. The minimum atomic E-state index is -0.954. The number of hydrogen-bond acceptors (Lipinski definition) is 9. The fourth-order valence-electron chi connectivity index (χ4n) is 0.775. The van der Waals surface area contributed by atoms with Crippen molar-refractivity contribution in [3.8, 4) is 0 Å². The van der Waals surface area contributed by atoms with E-state index in [2.05, 4.69) is 0 Å². The predicted molar refractivity (Wildman–Crippen MR) is 70.7 cm³/mol. The van der Waals surface area contributed by atoms with Gasteiger partial charge in [-0.15, -0.1) is 0 Å². The van der Waals surface area contributed by atoms with Crippen LogP contribution in [0.3, 0.4) is 0 Å². The van der Waals surface area contributed by atoms with Gasteiger partial charge in [0.15, 0.2) is 0 Å². The van der Waals surface area contributed by atoms with E-state index in [1.54, 1.807) is 0 Å². The van der Waals surface area contributed by atoms with E-state index in [1.165, 1.54) is 0 Å². The van der Waals surface area contributed by atoms with Gasteiger partial charge in [-0.2, -0.15) is 0 Å². The van der Waals surface area contributed by atoms with Gasteiger partial charge in [0.1, 0.15) is 24.4 Å². The molecule has 0 aromatic rings. The molecule has 9 heteroatoms. The molecule has 2 aliphatic rings. The number of aliphatic hydroxyl groups excluding tert-OH is 6. The second-order valence-electron chi connectivity index (χ2n) is 4.49. The highest BCUT2D eigenvalue weighted by molar-refractivity contribution is 4.71. The van der Waals surface area contributed by atoms with Gasteiger partial charge in [0.2, 0.25) is 0 Å². The predicted octanol–water partition coefficient (Wildman–Crippen LogP) is -3.54. The monoisotopic (exact) mass is 314 g/mol. The number of aliphatic hydroxyl groups is 6. The van der Waals surface area contributed by atoms with Crippen LogP contribution in [0.15, 0.2) is 0 Å². The second kappa shape index (κ2) is 13.3. The molecule has 128 valence electrons. The topological polar surface area (TPSA) is 156 Å². The molecule has 2 rings (SSSR count). The molecule has 2 heterocycles. The summed E-state index contributed by atoms with van der Waals surface area (Å²) in [5.74, 6) is 0. The summed E-state index contributed by atoms with van der Waals surface area (Å²) in [4.78, 5) is 0. The molecule has 2 atom stereocenters. The minimum Gasteiger partial charge on any atom is -0.394 e. The van der Waals surface area contributed by atoms with Crippen molar-refractivity contribution in [2.45, 2.75) is 24.4 Å². The maximum absolute atomic E-state index is 8.17. The van der Waals surface area contributed by atoms with E-state index in [0.29, 0.717) is 12.2 Å². The second-order valence-corrected chi connectivity index (χ2v) is 4.49. The van der Waals surface area contributed by atoms with Crippen molar-refractivity contribution in [2.24, 2.45) is 0 Å². The van der Waals surface area contributed by atoms with E-state index in [9.17, 15) is 0 Å². The third-order valence-electron chi connectivity index (χ3n) is 2.26. The molecule has 6 N–H and O–H groups in total. The lowest BCUT2D eigenvalue weighted by Crippen LogP contribution is -2.15. The summed E-state index contributed by atoms with van der Waals surface area (Å²) in [7, 11) is 0. The summed E-state index contributed by atoms with van der Waals surface area (Å²) in [5, 5.41) is 48.0. The Labute approximate surface area is 123 Å². The van der Waals surface area contributed by atoms with Crippen LogP contribution < -0.4 is 0 Å². The largest absolute Gasteiger partial charge is 0.394 e. The smallest absolute Gasteiger partial charge is 0.104 e. The molecule has 21 heavy (non-hydrogen) atoms. The third-order valence-corrected chi connectivity index (χ3v) is 2.26. The van der Waals surface area contributed by atoms with Gasteiger partial charge in [0.05, 0.1) is 52.9 Å². The van der Waals surface area contributed by atoms with Crippen molar-refractivity contribution in [3.63, 3.8) is 0 Å². The van der Waals surface area contributed by atoms with E-state index in [0.717, 1.165) is 26.4 Å². The molecular weight excluding hydrogens is 288 g/mol. The van der Waals surface area contributed by atoms with Gasteiger partial charge in [0, 0.05) is 0 Å². The van der Waals surface area contributed by atoms with Crippen LogP contribution in [0.2, 0.25) is 0 Å². The van der Waals surface area contributed by atoms with Crippen LogP contribution in [-0.2, 0) is 14.2 Å². The van der Waals surface area contributed by atoms with Gasteiger partial charge in [-0.3, -0.25) is 0 Å². The highest BCUT2D eigenvalue weighted by Gasteiger charge is 2.26. The maximum Gasteiger partial charge on any atom is 0.104 e. The molecule has 2 unspecified atom stereocenters. The van der Waals surface area contributed by atoms with Gasteiger partial charge in [-0.05, 0) is 0 Å². The van der Waals surface area contributed by atoms with Crippen LogP contribution in [-0.4, -0.2) is 108 Å². The first-order valence-corrected chi connectivity index (χ1v) is 6.67. The Kier molecular flexibility index (Phi) is 13.1. The standard InChI is InChI=1S/C6H10O3.2C3H8O3/c1(5-3-8-5)7-2-6-4-9-6;2*4-1-3(6)2-5/h5-6H,1-4H2;2*3-6H,1-2H2. The van der Waals surface area contributed by atoms with Gasteiger partial charge in [-0.1, -0.05) is 0 Å². The Morgan fingerprint density at radius 2 is 1.05 bits per heavy atom. The highest BCUT2D eigenvalue weighted by Crippen LogP contribution is 2.12. The molecule has 0 aromatic heterocycles. The molecule has 2 saturated heterocycles. The molecule has 0 bridgehead atoms. The maximum atomic E-state index is 8.17. The first-order valence-electron chi connectivity index (χ1n) is 6.67. The zero-order valence-electron chi connectivity index (χ0n) is 11.9. The number of epoxide rings is 2. The summed E-state index contributed by atoms with van der Waals surface area (Å²) in [6, 6.07) is 0.